The second kappa shape index (κ2) is 8.24. The van der Waals surface area contributed by atoms with Crippen LogP contribution in [0.4, 0.5) is 0 Å². The molecule has 3 nitrogen and oxygen atoms in total. The number of carbonyl (C=O) groups excluding carboxylic acids is 1. The fraction of sp³-hybridized carbons (Fsp3) is 0.0833. The number of hydrazone groups is 1. The number of rotatable bonds is 4. The average molecular weight is 387 g/mol. The van der Waals surface area contributed by atoms with E-state index in [0.29, 0.717) is 11.4 Å². The Kier molecular flexibility index (Phi) is 5.36. The van der Waals surface area contributed by atoms with Crippen molar-refractivity contribution in [2.24, 2.45) is 5.10 Å². The molecule has 0 spiro atoms. The van der Waals surface area contributed by atoms with E-state index >= 15 is 0 Å². The van der Waals surface area contributed by atoms with Crippen LogP contribution in [0.15, 0.2) is 96.1 Å². The van der Waals surface area contributed by atoms with Crippen molar-refractivity contribution in [3.63, 3.8) is 0 Å². The highest BCUT2D eigenvalue weighted by molar-refractivity contribution is 6.30. The summed E-state index contributed by atoms with van der Waals surface area (Å²) in [6.07, 6.45) is 4.03. The van der Waals surface area contributed by atoms with Gasteiger partial charge in [0.15, 0.2) is 0 Å². The lowest BCUT2D eigenvalue weighted by Gasteiger charge is -2.21. The zero-order valence-corrected chi connectivity index (χ0v) is 16.0. The minimum absolute atomic E-state index is 0.153. The minimum Gasteiger partial charge on any atom is -0.268 e. The molecule has 1 aliphatic rings. The molecule has 3 aromatic rings. The van der Waals surface area contributed by atoms with E-state index in [-0.39, 0.29) is 11.9 Å². The van der Waals surface area contributed by atoms with Crippen molar-refractivity contribution in [2.75, 3.05) is 0 Å². The molecule has 0 saturated carbocycles. The molecule has 0 aliphatic carbocycles. The molecule has 1 amide bonds. The third-order valence-electron chi connectivity index (χ3n) is 4.69. The molecule has 1 atom stereocenters. The second-order valence-electron chi connectivity index (χ2n) is 6.61. The van der Waals surface area contributed by atoms with Gasteiger partial charge in [-0.2, -0.15) is 5.10 Å². The molecule has 1 unspecified atom stereocenters. The number of hydrogen-bond acceptors (Lipinski definition) is 2. The van der Waals surface area contributed by atoms with Crippen LogP contribution in [-0.4, -0.2) is 16.6 Å². The molecule has 0 aromatic heterocycles. The zero-order valence-electron chi connectivity index (χ0n) is 15.2. The normalized spacial score (nSPS) is 16.4. The molecular formula is C24H19ClN2O. The van der Waals surface area contributed by atoms with Crippen LogP contribution in [0.3, 0.4) is 0 Å². The number of amides is 1. The molecule has 4 heteroatoms. The van der Waals surface area contributed by atoms with Gasteiger partial charge in [0.05, 0.1) is 11.8 Å². The van der Waals surface area contributed by atoms with Crippen LogP contribution in [0.5, 0.6) is 0 Å². The van der Waals surface area contributed by atoms with Crippen LogP contribution in [0.25, 0.3) is 6.08 Å². The van der Waals surface area contributed by atoms with Gasteiger partial charge in [0.25, 0.3) is 5.91 Å². The number of nitrogens with zero attached hydrogens (tertiary/aromatic N) is 2. The number of carbonyl (C=O) groups is 1. The maximum absolute atomic E-state index is 13.0. The highest BCUT2D eigenvalue weighted by Crippen LogP contribution is 2.34. The molecule has 0 saturated heterocycles. The Labute approximate surface area is 169 Å². The fourth-order valence-electron chi connectivity index (χ4n) is 3.30. The van der Waals surface area contributed by atoms with Gasteiger partial charge in [-0.3, -0.25) is 4.79 Å². The summed E-state index contributed by atoms with van der Waals surface area (Å²) in [6.45, 7) is 0. The van der Waals surface area contributed by atoms with E-state index < -0.39 is 0 Å². The monoisotopic (exact) mass is 386 g/mol. The predicted molar refractivity (Wildman–Crippen MR) is 114 cm³/mol. The zero-order chi connectivity index (χ0) is 19.3. The largest absolute Gasteiger partial charge is 0.268 e. The van der Waals surface area contributed by atoms with Crippen molar-refractivity contribution in [1.29, 1.82) is 0 Å². The van der Waals surface area contributed by atoms with Crippen molar-refractivity contribution < 1.29 is 4.79 Å². The van der Waals surface area contributed by atoms with Gasteiger partial charge in [0.1, 0.15) is 0 Å². The van der Waals surface area contributed by atoms with Crippen LogP contribution >= 0.6 is 11.6 Å². The molecule has 1 aliphatic heterocycles. The SMILES string of the molecule is O=C(/C=C/c1ccccc1)N1N=C(c2ccccc2)CC1c1cccc(Cl)c1. The highest BCUT2D eigenvalue weighted by Gasteiger charge is 2.32. The van der Waals surface area contributed by atoms with Crippen LogP contribution in [0, 0.1) is 0 Å². The third-order valence-corrected chi connectivity index (χ3v) is 4.93. The average Bonchev–Trinajstić information content (AvgIpc) is 3.19. The van der Waals surface area contributed by atoms with E-state index in [4.69, 9.17) is 11.6 Å². The van der Waals surface area contributed by atoms with Crippen LogP contribution in [0.1, 0.15) is 29.2 Å². The molecule has 28 heavy (non-hydrogen) atoms. The maximum atomic E-state index is 13.0. The summed E-state index contributed by atoms with van der Waals surface area (Å²) in [5, 5.41) is 6.88. The number of benzene rings is 3. The summed E-state index contributed by atoms with van der Waals surface area (Å²) >= 11 is 6.19. The molecule has 4 rings (SSSR count). The van der Waals surface area contributed by atoms with Crippen LogP contribution in [0.2, 0.25) is 5.02 Å². The summed E-state index contributed by atoms with van der Waals surface area (Å²) in [7, 11) is 0. The van der Waals surface area contributed by atoms with Crippen LogP contribution in [-0.2, 0) is 4.79 Å². The minimum atomic E-state index is -0.179. The lowest BCUT2D eigenvalue weighted by atomic mass is 9.98. The van der Waals surface area contributed by atoms with E-state index in [0.717, 1.165) is 22.4 Å². The van der Waals surface area contributed by atoms with Crippen molar-refractivity contribution >= 4 is 29.3 Å². The Hall–Kier alpha value is -3.17. The Balaban J connectivity index is 1.65. The number of hydrogen-bond donors (Lipinski definition) is 0. The summed E-state index contributed by atoms with van der Waals surface area (Å²) in [5.41, 5.74) is 3.87. The van der Waals surface area contributed by atoms with Crippen LogP contribution < -0.4 is 0 Å². The predicted octanol–water partition coefficient (Wildman–Crippen LogP) is 5.73. The van der Waals surface area contributed by atoms with Gasteiger partial charge in [0.2, 0.25) is 0 Å². The Morgan fingerprint density at radius 1 is 0.964 bits per heavy atom. The van der Waals surface area contributed by atoms with Gasteiger partial charge in [-0.05, 0) is 34.9 Å². The summed E-state index contributed by atoms with van der Waals surface area (Å²) in [5.74, 6) is -0.153. The molecule has 3 aromatic carbocycles. The van der Waals surface area contributed by atoms with Gasteiger partial charge < -0.3 is 0 Å². The number of halogens is 1. The summed E-state index contributed by atoms with van der Waals surface area (Å²) in [4.78, 5) is 13.0. The standard InChI is InChI=1S/C24H19ClN2O/c25-21-13-7-12-20(16-21)23-17-22(19-10-5-2-6-11-19)26-27(23)24(28)15-14-18-8-3-1-4-9-18/h1-16,23H,17H2/b15-14+. The van der Waals surface area contributed by atoms with Crippen molar-refractivity contribution in [3.05, 3.63) is 113 Å². The van der Waals surface area contributed by atoms with Crippen molar-refractivity contribution in [1.82, 2.24) is 5.01 Å². The summed E-state index contributed by atoms with van der Waals surface area (Å²) in [6, 6.07) is 27.2. The quantitative estimate of drug-likeness (QED) is 0.527. The van der Waals surface area contributed by atoms with Gasteiger partial charge in [-0.25, -0.2) is 5.01 Å². The first kappa shape index (κ1) is 18.2. The fourth-order valence-corrected chi connectivity index (χ4v) is 3.50. The van der Waals surface area contributed by atoms with E-state index in [9.17, 15) is 4.79 Å². The van der Waals surface area contributed by atoms with Gasteiger partial charge in [0, 0.05) is 17.5 Å². The molecule has 138 valence electrons. The molecule has 0 N–H and O–H groups in total. The Morgan fingerprint density at radius 2 is 1.68 bits per heavy atom. The Morgan fingerprint density at radius 3 is 2.39 bits per heavy atom. The molecule has 0 bridgehead atoms. The molecule has 0 radical (unpaired) electrons. The van der Waals surface area contributed by atoms with Gasteiger partial charge in [-0.15, -0.1) is 0 Å². The van der Waals surface area contributed by atoms with Gasteiger partial charge >= 0.3 is 0 Å². The topological polar surface area (TPSA) is 32.7 Å². The maximum Gasteiger partial charge on any atom is 0.267 e. The third kappa shape index (κ3) is 4.05. The first-order valence-electron chi connectivity index (χ1n) is 9.15. The molecule has 0 fully saturated rings. The summed E-state index contributed by atoms with van der Waals surface area (Å²) < 4.78 is 0. The van der Waals surface area contributed by atoms with Gasteiger partial charge in [-0.1, -0.05) is 84.4 Å². The highest BCUT2D eigenvalue weighted by atomic mass is 35.5. The first-order chi connectivity index (χ1) is 13.7. The second-order valence-corrected chi connectivity index (χ2v) is 7.05. The lowest BCUT2D eigenvalue weighted by Crippen LogP contribution is -2.25. The Bertz CT molecular complexity index is 1030. The van der Waals surface area contributed by atoms with E-state index in [1.807, 2.05) is 91.0 Å². The van der Waals surface area contributed by atoms with Crippen molar-refractivity contribution in [3.8, 4) is 0 Å². The van der Waals surface area contributed by atoms with E-state index in [1.165, 1.54) is 0 Å². The molecule has 1 heterocycles. The van der Waals surface area contributed by atoms with E-state index in [1.54, 1.807) is 11.1 Å². The smallest absolute Gasteiger partial charge is 0.267 e. The lowest BCUT2D eigenvalue weighted by molar-refractivity contribution is -0.127. The van der Waals surface area contributed by atoms with E-state index in [2.05, 4.69) is 5.10 Å². The first-order valence-corrected chi connectivity index (χ1v) is 9.53. The molecular weight excluding hydrogens is 368 g/mol. The van der Waals surface area contributed by atoms with Crippen molar-refractivity contribution in [2.45, 2.75) is 12.5 Å².